The van der Waals surface area contributed by atoms with Crippen LogP contribution in [0.25, 0.3) is 0 Å². The normalized spacial score (nSPS) is 49.2. The molecule has 1 nitrogen and oxygen atoms in total. The van der Waals surface area contributed by atoms with Crippen molar-refractivity contribution in [2.45, 2.75) is 118 Å². The van der Waals surface area contributed by atoms with Crippen LogP contribution in [0.1, 0.15) is 112 Å². The minimum atomic E-state index is -0.0107. The Kier molecular flexibility index (Phi) is 6.22. The van der Waals surface area contributed by atoms with E-state index in [-0.39, 0.29) is 6.10 Å². The first-order valence-corrected chi connectivity index (χ1v) is 13.3. The molecule has 4 aliphatic carbocycles. The van der Waals surface area contributed by atoms with Gasteiger partial charge in [0.05, 0.1) is 6.10 Å². The van der Waals surface area contributed by atoms with Gasteiger partial charge >= 0.3 is 0 Å². The van der Waals surface area contributed by atoms with Crippen molar-refractivity contribution in [3.8, 4) is 0 Å². The Labute approximate surface area is 181 Å². The van der Waals surface area contributed by atoms with Crippen molar-refractivity contribution in [3.63, 3.8) is 0 Å². The quantitative estimate of drug-likeness (QED) is 0.499. The van der Waals surface area contributed by atoms with E-state index in [1.54, 1.807) is 0 Å². The van der Waals surface area contributed by atoms with Crippen LogP contribution >= 0.6 is 0 Å². The molecule has 4 saturated carbocycles. The number of rotatable bonds is 5. The van der Waals surface area contributed by atoms with E-state index in [0.717, 1.165) is 60.2 Å². The van der Waals surface area contributed by atoms with Gasteiger partial charge in [0.1, 0.15) is 0 Å². The Morgan fingerprint density at radius 1 is 0.793 bits per heavy atom. The van der Waals surface area contributed by atoms with E-state index in [4.69, 9.17) is 0 Å². The van der Waals surface area contributed by atoms with Crippen LogP contribution in [0.2, 0.25) is 0 Å². The molecule has 0 aliphatic heterocycles. The van der Waals surface area contributed by atoms with Crippen LogP contribution in [0, 0.1) is 58.2 Å². The van der Waals surface area contributed by atoms with Crippen molar-refractivity contribution in [2.75, 3.05) is 0 Å². The molecule has 4 rings (SSSR count). The molecule has 0 unspecified atom stereocenters. The van der Waals surface area contributed by atoms with Crippen molar-refractivity contribution in [3.05, 3.63) is 0 Å². The number of aliphatic hydroxyl groups is 1. The predicted molar refractivity (Wildman–Crippen MR) is 124 cm³/mol. The highest BCUT2D eigenvalue weighted by Crippen LogP contribution is 2.68. The van der Waals surface area contributed by atoms with Gasteiger partial charge in [0, 0.05) is 0 Å². The molecule has 29 heavy (non-hydrogen) atoms. The summed E-state index contributed by atoms with van der Waals surface area (Å²) in [5.74, 6) is 7.28. The summed E-state index contributed by atoms with van der Waals surface area (Å²) in [7, 11) is 0. The summed E-state index contributed by atoms with van der Waals surface area (Å²) in [5.41, 5.74) is 1.14. The lowest BCUT2D eigenvalue weighted by Crippen LogP contribution is -2.54. The van der Waals surface area contributed by atoms with Crippen LogP contribution in [0.5, 0.6) is 0 Å². The minimum absolute atomic E-state index is 0.0107. The molecule has 4 aliphatic rings. The van der Waals surface area contributed by atoms with Crippen molar-refractivity contribution in [1.82, 2.24) is 0 Å². The molecule has 0 saturated heterocycles. The van der Waals surface area contributed by atoms with E-state index in [0.29, 0.717) is 10.8 Å². The summed E-state index contributed by atoms with van der Waals surface area (Å²) in [6.07, 6.45) is 15.1. The van der Waals surface area contributed by atoms with Crippen LogP contribution in [-0.2, 0) is 0 Å². The van der Waals surface area contributed by atoms with Gasteiger partial charge in [-0.1, -0.05) is 54.4 Å². The first-order valence-electron chi connectivity index (χ1n) is 13.3. The molecule has 0 aromatic carbocycles. The van der Waals surface area contributed by atoms with E-state index in [1.165, 1.54) is 57.8 Å². The summed E-state index contributed by atoms with van der Waals surface area (Å²) in [6.45, 7) is 15.2. The molecule has 4 fully saturated rings. The fourth-order valence-corrected chi connectivity index (χ4v) is 9.27. The highest BCUT2D eigenvalue weighted by Gasteiger charge is 2.60. The summed E-state index contributed by atoms with van der Waals surface area (Å²) < 4.78 is 0. The molecule has 10 atom stereocenters. The maximum atomic E-state index is 10.3. The average molecular weight is 403 g/mol. The van der Waals surface area contributed by atoms with Crippen molar-refractivity contribution >= 4 is 0 Å². The zero-order valence-corrected chi connectivity index (χ0v) is 20.4. The fraction of sp³-hybridized carbons (Fsp3) is 1.00. The molecule has 0 radical (unpaired) electrons. The molecule has 0 aromatic heterocycles. The fourth-order valence-electron chi connectivity index (χ4n) is 9.27. The lowest BCUT2D eigenvalue weighted by Gasteiger charge is -2.61. The van der Waals surface area contributed by atoms with Gasteiger partial charge in [-0.2, -0.15) is 0 Å². The largest absolute Gasteiger partial charge is 0.393 e. The first kappa shape index (κ1) is 22.2. The minimum Gasteiger partial charge on any atom is -0.393 e. The van der Waals surface area contributed by atoms with Gasteiger partial charge in [-0.05, 0) is 116 Å². The van der Waals surface area contributed by atoms with Gasteiger partial charge < -0.3 is 5.11 Å². The number of fused-ring (bicyclic) bond motifs is 5. The molecular formula is C28H50O. The second-order valence-electron chi connectivity index (χ2n) is 13.1. The molecule has 0 heterocycles. The zero-order valence-electron chi connectivity index (χ0n) is 20.4. The smallest absolute Gasteiger partial charge is 0.0543 e. The van der Waals surface area contributed by atoms with Crippen molar-refractivity contribution in [1.29, 1.82) is 0 Å². The molecule has 168 valence electrons. The number of hydrogen-bond acceptors (Lipinski definition) is 1. The molecule has 1 N–H and O–H groups in total. The zero-order chi connectivity index (χ0) is 21.0. The van der Waals surface area contributed by atoms with E-state index in [9.17, 15) is 5.11 Å². The molecule has 0 amide bonds. The monoisotopic (exact) mass is 402 g/mol. The Morgan fingerprint density at radius 2 is 1.48 bits per heavy atom. The van der Waals surface area contributed by atoms with Crippen molar-refractivity contribution in [2.24, 2.45) is 58.2 Å². The van der Waals surface area contributed by atoms with Gasteiger partial charge in [0.15, 0.2) is 0 Å². The maximum absolute atomic E-state index is 10.3. The highest BCUT2D eigenvalue weighted by molar-refractivity contribution is 5.09. The topological polar surface area (TPSA) is 20.2 Å². The van der Waals surface area contributed by atoms with E-state index in [1.807, 2.05) is 0 Å². The van der Waals surface area contributed by atoms with Gasteiger partial charge in [0.2, 0.25) is 0 Å². The SMILES string of the molecule is CC(C)[C@H](C)CC[C@@H](C)[C@H]1CC[C@H]2[C@@H]3CC[C@@H]4C[C@@H](O)CC[C@]4(C)[C@H]3CC[C@]12C. The third-order valence-electron chi connectivity index (χ3n) is 11.6. The second-order valence-corrected chi connectivity index (χ2v) is 13.1. The number of hydrogen-bond donors (Lipinski definition) is 1. The second kappa shape index (κ2) is 8.14. The predicted octanol–water partition coefficient (Wildman–Crippen LogP) is 7.71. The summed E-state index contributed by atoms with van der Waals surface area (Å²) in [5, 5.41) is 10.3. The summed E-state index contributed by atoms with van der Waals surface area (Å²) >= 11 is 0. The lowest BCUT2D eigenvalue weighted by molar-refractivity contribution is -0.129. The van der Waals surface area contributed by atoms with Gasteiger partial charge in [0.25, 0.3) is 0 Å². The van der Waals surface area contributed by atoms with Gasteiger partial charge in [-0.3, -0.25) is 0 Å². The third-order valence-corrected chi connectivity index (χ3v) is 11.6. The average Bonchev–Trinajstić information content (AvgIpc) is 3.03. The van der Waals surface area contributed by atoms with Gasteiger partial charge in [-0.25, -0.2) is 0 Å². The van der Waals surface area contributed by atoms with E-state index < -0.39 is 0 Å². The van der Waals surface area contributed by atoms with Crippen molar-refractivity contribution < 1.29 is 5.11 Å². The Balaban J connectivity index is 1.46. The Morgan fingerprint density at radius 3 is 2.21 bits per heavy atom. The first-order chi connectivity index (χ1) is 13.7. The third kappa shape index (κ3) is 3.74. The molecular weight excluding hydrogens is 352 g/mol. The van der Waals surface area contributed by atoms with E-state index in [2.05, 4.69) is 41.5 Å². The maximum Gasteiger partial charge on any atom is 0.0543 e. The number of aliphatic hydroxyl groups excluding tert-OH is 1. The van der Waals surface area contributed by atoms with Crippen LogP contribution in [0.4, 0.5) is 0 Å². The molecule has 0 aromatic rings. The van der Waals surface area contributed by atoms with Crippen LogP contribution in [0.3, 0.4) is 0 Å². The molecule has 0 bridgehead atoms. The Bertz CT molecular complexity index is 569. The molecule has 1 heteroatoms. The van der Waals surface area contributed by atoms with Crippen LogP contribution < -0.4 is 0 Å². The van der Waals surface area contributed by atoms with Crippen LogP contribution in [0.15, 0.2) is 0 Å². The Hall–Kier alpha value is -0.0400. The highest BCUT2D eigenvalue weighted by atomic mass is 16.3. The van der Waals surface area contributed by atoms with Gasteiger partial charge in [-0.15, -0.1) is 0 Å². The lowest BCUT2D eigenvalue weighted by atomic mass is 9.44. The summed E-state index contributed by atoms with van der Waals surface area (Å²) in [6, 6.07) is 0. The molecule has 0 spiro atoms. The standard InChI is InChI=1S/C28H50O/c1-18(2)19(3)7-8-20(4)24-11-12-25-23-10-9-21-17-22(29)13-15-27(21,5)26(23)14-16-28(24,25)6/h18-26,29H,7-17H2,1-6H3/t19-,20-,21-,22+,23+,24-,25+,26+,27+,28-/m1/s1. The van der Waals surface area contributed by atoms with E-state index >= 15 is 0 Å². The summed E-state index contributed by atoms with van der Waals surface area (Å²) in [4.78, 5) is 0. The van der Waals surface area contributed by atoms with Crippen LogP contribution in [-0.4, -0.2) is 11.2 Å².